The third-order valence-electron chi connectivity index (χ3n) is 4.67. The number of carbonyl (C=O) groups excluding carboxylic acids is 1. The van der Waals surface area contributed by atoms with E-state index in [1.165, 1.54) is 33.1 Å². The molecule has 1 N–H and O–H groups in total. The van der Waals surface area contributed by atoms with E-state index in [1.54, 1.807) is 24.3 Å². The highest BCUT2D eigenvalue weighted by Crippen LogP contribution is 2.38. The van der Waals surface area contributed by atoms with Crippen molar-refractivity contribution in [2.45, 2.75) is 25.3 Å². The van der Waals surface area contributed by atoms with Gasteiger partial charge in [0.2, 0.25) is 26.0 Å². The number of hydrogen-bond donors (Lipinski definition) is 1. The molecule has 1 saturated heterocycles. The molecule has 1 amide bonds. The van der Waals surface area contributed by atoms with Crippen LogP contribution in [0.3, 0.4) is 0 Å². The quantitative estimate of drug-likeness (QED) is 0.691. The summed E-state index contributed by atoms with van der Waals surface area (Å²) in [4.78, 5) is 12.4. The zero-order valence-electron chi connectivity index (χ0n) is 16.5. The number of halogens is 1. The third-order valence-corrected chi connectivity index (χ3v) is 8.48. The van der Waals surface area contributed by atoms with Gasteiger partial charge in [0, 0.05) is 11.6 Å². The average molecular weight is 473 g/mol. The number of ether oxygens (including phenoxy) is 1. The molecular formula is C19H21ClN2O6S2. The number of anilines is 1. The van der Waals surface area contributed by atoms with Crippen LogP contribution in [0, 0.1) is 5.41 Å². The number of benzene rings is 2. The summed E-state index contributed by atoms with van der Waals surface area (Å²) in [5, 5.41) is 0.400. The molecule has 0 aliphatic carbocycles. The molecule has 8 nitrogen and oxygen atoms in total. The summed E-state index contributed by atoms with van der Waals surface area (Å²) in [7, 11) is -6.75. The van der Waals surface area contributed by atoms with Gasteiger partial charge in [0.15, 0.2) is 0 Å². The van der Waals surface area contributed by atoms with Gasteiger partial charge in [-0.25, -0.2) is 25.9 Å². The first kappa shape index (κ1) is 22.5. The molecule has 2 aromatic carbocycles. The summed E-state index contributed by atoms with van der Waals surface area (Å²) >= 11 is 6.07. The number of nitrogens with zero attached hydrogens (tertiary/aromatic N) is 1. The Morgan fingerprint density at radius 3 is 2.43 bits per heavy atom. The third kappa shape index (κ3) is 4.18. The van der Waals surface area contributed by atoms with Gasteiger partial charge in [-0.05, 0) is 43.7 Å². The zero-order chi connectivity index (χ0) is 22.3. The Bertz CT molecular complexity index is 1210. The highest BCUT2D eigenvalue weighted by molar-refractivity contribution is 7.94. The van der Waals surface area contributed by atoms with Crippen LogP contribution in [0.1, 0.15) is 19.4 Å². The van der Waals surface area contributed by atoms with Crippen molar-refractivity contribution in [3.63, 3.8) is 0 Å². The van der Waals surface area contributed by atoms with Crippen LogP contribution >= 0.6 is 11.6 Å². The predicted molar refractivity (Wildman–Crippen MR) is 114 cm³/mol. The number of nitrogens with one attached hydrogen (secondary N) is 1. The van der Waals surface area contributed by atoms with E-state index in [1.807, 2.05) is 0 Å². The maximum absolute atomic E-state index is 12.9. The summed E-state index contributed by atoms with van der Waals surface area (Å²) < 4.78 is 59.2. The van der Waals surface area contributed by atoms with Crippen molar-refractivity contribution < 1.29 is 26.4 Å². The molecule has 0 spiro atoms. The van der Waals surface area contributed by atoms with Crippen LogP contribution in [0.15, 0.2) is 47.4 Å². The van der Waals surface area contributed by atoms with Gasteiger partial charge in [-0.1, -0.05) is 29.8 Å². The van der Waals surface area contributed by atoms with Crippen LogP contribution in [0.5, 0.6) is 5.75 Å². The van der Waals surface area contributed by atoms with Gasteiger partial charge in [0.05, 0.1) is 24.0 Å². The van der Waals surface area contributed by atoms with Crippen molar-refractivity contribution in [2.24, 2.45) is 5.41 Å². The summed E-state index contributed by atoms with van der Waals surface area (Å²) in [6.07, 6.45) is 0. The van der Waals surface area contributed by atoms with Crippen molar-refractivity contribution in [1.29, 1.82) is 0 Å². The van der Waals surface area contributed by atoms with E-state index in [2.05, 4.69) is 4.72 Å². The maximum atomic E-state index is 12.9. The molecule has 0 radical (unpaired) electrons. The van der Waals surface area contributed by atoms with Gasteiger partial charge >= 0.3 is 0 Å². The number of amides is 1. The van der Waals surface area contributed by atoms with Gasteiger partial charge in [0.25, 0.3) is 0 Å². The molecule has 162 valence electrons. The van der Waals surface area contributed by atoms with E-state index in [-0.39, 0.29) is 28.6 Å². The van der Waals surface area contributed by atoms with E-state index in [0.29, 0.717) is 14.9 Å². The van der Waals surface area contributed by atoms with Gasteiger partial charge in [-0.3, -0.25) is 4.79 Å². The van der Waals surface area contributed by atoms with Gasteiger partial charge in [-0.2, -0.15) is 0 Å². The molecule has 1 fully saturated rings. The minimum atomic E-state index is -4.12. The van der Waals surface area contributed by atoms with Crippen LogP contribution in [0.25, 0.3) is 0 Å². The largest absolute Gasteiger partial charge is 0.495 e. The monoisotopic (exact) mass is 472 g/mol. The smallest absolute Gasteiger partial charge is 0.247 e. The minimum Gasteiger partial charge on any atom is -0.495 e. The standard InChI is InChI=1S/C19H21ClN2O6S2/c1-19(2)12-29(24,25)22(18(19)23)14-8-9-16(28-3)17(10-14)30(26,27)21-11-13-6-4-5-7-15(13)20/h4-10,21H,11-12H2,1-3H3. The minimum absolute atomic E-state index is 0.00807. The highest BCUT2D eigenvalue weighted by Gasteiger charge is 2.50. The predicted octanol–water partition coefficient (Wildman–Crippen LogP) is 2.53. The Labute approximate surface area is 180 Å². The lowest BCUT2D eigenvalue weighted by Crippen LogP contribution is -2.33. The molecule has 1 heterocycles. The summed E-state index contributed by atoms with van der Waals surface area (Å²) in [6.45, 7) is 2.97. The fourth-order valence-electron chi connectivity index (χ4n) is 3.16. The zero-order valence-corrected chi connectivity index (χ0v) is 18.9. The topological polar surface area (TPSA) is 110 Å². The molecular weight excluding hydrogens is 452 g/mol. The van der Waals surface area contributed by atoms with E-state index in [4.69, 9.17) is 16.3 Å². The Morgan fingerprint density at radius 2 is 1.87 bits per heavy atom. The second-order valence-corrected chi connectivity index (χ2v) is 11.4. The maximum Gasteiger partial charge on any atom is 0.247 e. The number of methoxy groups -OCH3 is 1. The van der Waals surface area contributed by atoms with Crippen LogP contribution in [0.4, 0.5) is 5.69 Å². The lowest BCUT2D eigenvalue weighted by Gasteiger charge is -2.19. The van der Waals surface area contributed by atoms with Crippen LogP contribution in [0.2, 0.25) is 5.02 Å². The summed E-state index contributed by atoms with van der Waals surface area (Å²) in [5.74, 6) is -0.980. The molecule has 0 bridgehead atoms. The lowest BCUT2D eigenvalue weighted by molar-refractivity contribution is -0.123. The van der Waals surface area contributed by atoms with Crippen molar-refractivity contribution in [2.75, 3.05) is 17.2 Å². The van der Waals surface area contributed by atoms with Gasteiger partial charge in [-0.15, -0.1) is 0 Å². The van der Waals surface area contributed by atoms with E-state index >= 15 is 0 Å². The van der Waals surface area contributed by atoms with Gasteiger partial charge < -0.3 is 4.74 Å². The van der Waals surface area contributed by atoms with Crippen molar-refractivity contribution in [1.82, 2.24) is 4.72 Å². The van der Waals surface area contributed by atoms with Crippen LogP contribution in [-0.2, 0) is 31.4 Å². The number of rotatable bonds is 6. The Balaban J connectivity index is 2.01. The number of hydrogen-bond acceptors (Lipinski definition) is 6. The van der Waals surface area contributed by atoms with Crippen molar-refractivity contribution in [3.8, 4) is 5.75 Å². The van der Waals surface area contributed by atoms with E-state index < -0.39 is 31.4 Å². The highest BCUT2D eigenvalue weighted by atomic mass is 35.5. The van der Waals surface area contributed by atoms with Crippen LogP contribution in [-0.4, -0.2) is 35.6 Å². The first-order valence-electron chi connectivity index (χ1n) is 8.87. The molecule has 1 aliphatic heterocycles. The van der Waals surface area contributed by atoms with E-state index in [0.717, 1.165) is 6.07 Å². The SMILES string of the molecule is COc1ccc(N2C(=O)C(C)(C)CS2(=O)=O)cc1S(=O)(=O)NCc1ccccc1Cl. The molecule has 11 heteroatoms. The van der Waals surface area contributed by atoms with Crippen LogP contribution < -0.4 is 13.8 Å². The molecule has 1 aliphatic rings. The molecule has 0 aromatic heterocycles. The average Bonchev–Trinajstić information content (AvgIpc) is 2.83. The fourth-order valence-corrected chi connectivity index (χ4v) is 6.65. The Morgan fingerprint density at radius 1 is 1.20 bits per heavy atom. The summed E-state index contributed by atoms with van der Waals surface area (Å²) in [6, 6.07) is 10.5. The molecule has 2 aromatic rings. The first-order chi connectivity index (χ1) is 13.9. The number of carbonyl (C=O) groups is 1. The molecule has 0 saturated carbocycles. The first-order valence-corrected chi connectivity index (χ1v) is 12.3. The van der Waals surface area contributed by atoms with Crippen molar-refractivity contribution >= 4 is 43.2 Å². The molecule has 0 unspecified atom stereocenters. The lowest BCUT2D eigenvalue weighted by atomic mass is 9.95. The fraction of sp³-hybridized carbons (Fsp3) is 0.316. The summed E-state index contributed by atoms with van der Waals surface area (Å²) in [5.41, 5.74) is -0.610. The second-order valence-electron chi connectivity index (χ2n) is 7.46. The number of sulfonamides is 2. The Hall–Kier alpha value is -2.14. The van der Waals surface area contributed by atoms with Crippen molar-refractivity contribution in [3.05, 3.63) is 53.1 Å². The molecule has 3 rings (SSSR count). The molecule has 30 heavy (non-hydrogen) atoms. The Kier molecular flexibility index (Phi) is 5.89. The normalized spacial score (nSPS) is 17.9. The molecule has 0 atom stereocenters. The van der Waals surface area contributed by atoms with Gasteiger partial charge in [0.1, 0.15) is 10.6 Å². The second kappa shape index (κ2) is 7.84. The van der Waals surface area contributed by atoms with E-state index in [9.17, 15) is 21.6 Å².